The van der Waals surface area contributed by atoms with Crippen molar-refractivity contribution in [2.45, 2.75) is 56.9 Å². The molecular weight excluding hydrogens is 320 g/mol. The molecule has 2 aliphatic rings. The Bertz CT molecular complexity index is 620. The van der Waals surface area contributed by atoms with Gasteiger partial charge in [0, 0.05) is 46.9 Å². The van der Waals surface area contributed by atoms with E-state index in [9.17, 15) is 9.90 Å². The highest BCUT2D eigenvalue weighted by molar-refractivity contribution is 5.73. The fraction of sp³-hybridized carbons (Fsp3) is 0.778. The van der Waals surface area contributed by atoms with E-state index < -0.39 is 5.60 Å². The third kappa shape index (κ3) is 3.88. The fourth-order valence-electron chi connectivity index (χ4n) is 4.04. The quantitative estimate of drug-likeness (QED) is 0.872. The molecule has 0 radical (unpaired) electrons. The standard InChI is InChI=1S/C18H30N4O3/c1-14(23)21(4)16-9-18(25-12-17(16,2)24)5-7-22(8-6-18)11-15-10-20(3)13-19-15/h10,13,16,24H,5-9,11-12H2,1-4H3/t16-,17-/m0/s1. The first-order chi connectivity index (χ1) is 11.7. The van der Waals surface area contributed by atoms with Crippen molar-refractivity contribution in [3.63, 3.8) is 0 Å². The van der Waals surface area contributed by atoms with E-state index in [1.807, 2.05) is 17.9 Å². The molecule has 0 unspecified atom stereocenters. The van der Waals surface area contributed by atoms with Crippen LogP contribution in [0.5, 0.6) is 0 Å². The van der Waals surface area contributed by atoms with Crippen molar-refractivity contribution in [1.29, 1.82) is 0 Å². The molecule has 3 rings (SSSR count). The highest BCUT2D eigenvalue weighted by atomic mass is 16.5. The largest absolute Gasteiger partial charge is 0.386 e. The average Bonchev–Trinajstić information content (AvgIpc) is 2.96. The number of aliphatic hydroxyl groups is 1. The van der Waals surface area contributed by atoms with Gasteiger partial charge in [0.25, 0.3) is 0 Å². The molecule has 7 nitrogen and oxygen atoms in total. The number of aryl methyl sites for hydroxylation is 1. The van der Waals surface area contributed by atoms with Gasteiger partial charge in [0.1, 0.15) is 5.60 Å². The second-order valence-corrected chi connectivity index (χ2v) is 7.99. The van der Waals surface area contributed by atoms with E-state index in [0.29, 0.717) is 6.42 Å². The number of carbonyl (C=O) groups excluding carboxylic acids is 1. The zero-order valence-corrected chi connectivity index (χ0v) is 15.7. The Morgan fingerprint density at radius 2 is 2.16 bits per heavy atom. The van der Waals surface area contributed by atoms with E-state index in [2.05, 4.69) is 16.1 Å². The van der Waals surface area contributed by atoms with Crippen LogP contribution < -0.4 is 0 Å². The van der Waals surface area contributed by atoms with E-state index in [1.54, 1.807) is 25.8 Å². The van der Waals surface area contributed by atoms with Gasteiger partial charge in [0.2, 0.25) is 5.91 Å². The van der Waals surface area contributed by atoms with Gasteiger partial charge in [-0.15, -0.1) is 0 Å². The normalized spacial score (nSPS) is 29.7. The highest BCUT2D eigenvalue weighted by Crippen LogP contribution is 2.40. The molecule has 1 amide bonds. The van der Waals surface area contributed by atoms with E-state index in [0.717, 1.165) is 38.2 Å². The summed E-state index contributed by atoms with van der Waals surface area (Å²) >= 11 is 0. The Balaban J connectivity index is 1.63. The monoisotopic (exact) mass is 350 g/mol. The van der Waals surface area contributed by atoms with Crippen LogP contribution in [0.4, 0.5) is 0 Å². The van der Waals surface area contributed by atoms with E-state index >= 15 is 0 Å². The first kappa shape index (κ1) is 18.4. The maximum atomic E-state index is 11.8. The molecule has 2 aliphatic heterocycles. The number of hydrogen-bond acceptors (Lipinski definition) is 5. The highest BCUT2D eigenvalue weighted by Gasteiger charge is 2.50. The SMILES string of the molecule is CC(=O)N(C)[C@H]1CC2(CCN(Cc3cn(C)cn3)CC2)OC[C@]1(C)O. The van der Waals surface area contributed by atoms with E-state index in [4.69, 9.17) is 4.74 Å². The van der Waals surface area contributed by atoms with Crippen molar-refractivity contribution in [2.75, 3.05) is 26.7 Å². The van der Waals surface area contributed by atoms with Crippen molar-refractivity contribution in [3.8, 4) is 0 Å². The molecule has 1 aromatic heterocycles. The second-order valence-electron chi connectivity index (χ2n) is 7.99. The van der Waals surface area contributed by atoms with Gasteiger partial charge in [-0.1, -0.05) is 0 Å². The van der Waals surface area contributed by atoms with Gasteiger partial charge in [-0.05, 0) is 26.2 Å². The molecule has 0 aromatic carbocycles. The molecular formula is C18H30N4O3. The molecule has 0 bridgehead atoms. The summed E-state index contributed by atoms with van der Waals surface area (Å²) in [6.45, 7) is 6.32. The van der Waals surface area contributed by atoms with E-state index in [-0.39, 0.29) is 24.2 Å². The first-order valence-corrected chi connectivity index (χ1v) is 9.00. The third-order valence-corrected chi connectivity index (χ3v) is 5.83. The predicted octanol–water partition coefficient (Wildman–Crippen LogP) is 0.773. The number of nitrogens with zero attached hydrogens (tertiary/aromatic N) is 4. The number of carbonyl (C=O) groups is 1. The van der Waals surface area contributed by atoms with Crippen LogP contribution in [-0.4, -0.2) is 74.4 Å². The van der Waals surface area contributed by atoms with Gasteiger partial charge in [-0.25, -0.2) is 4.98 Å². The number of imidazole rings is 1. The molecule has 7 heteroatoms. The Hall–Kier alpha value is -1.44. The van der Waals surface area contributed by atoms with Crippen molar-refractivity contribution < 1.29 is 14.6 Å². The lowest BCUT2D eigenvalue weighted by molar-refractivity contribution is -0.209. The topological polar surface area (TPSA) is 70.8 Å². The summed E-state index contributed by atoms with van der Waals surface area (Å²) in [5.41, 5.74) is -0.159. The van der Waals surface area contributed by atoms with Gasteiger partial charge in [0.15, 0.2) is 0 Å². The second kappa shape index (κ2) is 6.70. The number of ether oxygens (including phenoxy) is 1. The smallest absolute Gasteiger partial charge is 0.219 e. The first-order valence-electron chi connectivity index (χ1n) is 9.00. The Kier molecular flexibility index (Phi) is 4.92. The molecule has 1 N–H and O–H groups in total. The number of likely N-dealkylation sites (N-methyl/N-ethyl adjacent to an activating group) is 1. The van der Waals surface area contributed by atoms with Gasteiger partial charge in [-0.2, -0.15) is 0 Å². The molecule has 2 fully saturated rings. The Morgan fingerprint density at radius 3 is 2.72 bits per heavy atom. The summed E-state index contributed by atoms with van der Waals surface area (Å²) in [5.74, 6) is -0.0186. The van der Waals surface area contributed by atoms with Gasteiger partial charge in [-0.3, -0.25) is 9.69 Å². The lowest BCUT2D eigenvalue weighted by atomic mass is 9.77. The van der Waals surface area contributed by atoms with Crippen molar-refractivity contribution in [3.05, 3.63) is 18.2 Å². The summed E-state index contributed by atoms with van der Waals surface area (Å²) < 4.78 is 8.12. The minimum absolute atomic E-state index is 0.0186. The van der Waals surface area contributed by atoms with Crippen molar-refractivity contribution >= 4 is 5.91 Å². The lowest BCUT2D eigenvalue weighted by Crippen LogP contribution is -2.63. The van der Waals surface area contributed by atoms with Crippen LogP contribution in [-0.2, 0) is 23.1 Å². The predicted molar refractivity (Wildman–Crippen MR) is 93.9 cm³/mol. The Labute approximate surface area is 149 Å². The lowest BCUT2D eigenvalue weighted by Gasteiger charge is -2.52. The summed E-state index contributed by atoms with van der Waals surface area (Å²) in [6, 6.07) is -0.207. The number of piperidine rings is 1. The summed E-state index contributed by atoms with van der Waals surface area (Å²) in [4.78, 5) is 20.3. The van der Waals surface area contributed by atoms with Gasteiger partial charge < -0.3 is 19.3 Å². The van der Waals surface area contributed by atoms with Gasteiger partial charge in [0.05, 0.1) is 30.3 Å². The number of aromatic nitrogens is 2. The van der Waals surface area contributed by atoms with E-state index in [1.165, 1.54) is 0 Å². The summed E-state index contributed by atoms with van der Waals surface area (Å²) in [6.07, 6.45) is 6.40. The molecule has 2 saturated heterocycles. The number of amides is 1. The molecule has 2 atom stereocenters. The molecule has 25 heavy (non-hydrogen) atoms. The van der Waals surface area contributed by atoms with Crippen LogP contribution >= 0.6 is 0 Å². The van der Waals surface area contributed by atoms with Crippen LogP contribution in [0.15, 0.2) is 12.5 Å². The van der Waals surface area contributed by atoms with Crippen LogP contribution in [0.1, 0.15) is 38.8 Å². The third-order valence-electron chi connectivity index (χ3n) is 5.83. The van der Waals surface area contributed by atoms with Gasteiger partial charge >= 0.3 is 0 Å². The van der Waals surface area contributed by atoms with Crippen LogP contribution in [0, 0.1) is 0 Å². The zero-order chi connectivity index (χ0) is 18.2. The van der Waals surface area contributed by atoms with Crippen LogP contribution in [0.3, 0.4) is 0 Å². The summed E-state index contributed by atoms with van der Waals surface area (Å²) in [5, 5.41) is 10.7. The van der Waals surface area contributed by atoms with Crippen molar-refractivity contribution in [1.82, 2.24) is 19.4 Å². The zero-order valence-electron chi connectivity index (χ0n) is 15.7. The minimum atomic E-state index is -1.00. The number of likely N-dealkylation sites (tertiary alicyclic amines) is 1. The fourth-order valence-corrected chi connectivity index (χ4v) is 4.04. The molecule has 0 aliphatic carbocycles. The van der Waals surface area contributed by atoms with Crippen LogP contribution in [0.25, 0.3) is 0 Å². The molecule has 140 valence electrons. The number of rotatable bonds is 3. The minimum Gasteiger partial charge on any atom is -0.386 e. The molecule has 1 spiro atoms. The summed E-state index contributed by atoms with van der Waals surface area (Å²) in [7, 11) is 3.76. The molecule has 0 saturated carbocycles. The van der Waals surface area contributed by atoms with Crippen molar-refractivity contribution in [2.24, 2.45) is 7.05 Å². The number of hydrogen-bond donors (Lipinski definition) is 1. The molecule has 1 aromatic rings. The maximum absolute atomic E-state index is 11.8. The Morgan fingerprint density at radius 1 is 1.48 bits per heavy atom. The van der Waals surface area contributed by atoms with Crippen LogP contribution in [0.2, 0.25) is 0 Å². The maximum Gasteiger partial charge on any atom is 0.219 e. The molecule has 3 heterocycles. The average molecular weight is 350 g/mol.